The Kier molecular flexibility index (Phi) is 5.38. The van der Waals surface area contributed by atoms with Gasteiger partial charge in [-0.05, 0) is 6.42 Å². The maximum atomic E-state index is 11.7. The standard InChI is InChI=1S/C4H7FO.BF3/c5-4-2-1-3-6-4;2-1(3)4/h4H,1-3H2;. The normalized spacial score (nSPS) is 23.4. The molecule has 0 saturated carbocycles. The fourth-order valence-corrected chi connectivity index (χ4v) is 0.538. The monoisotopic (exact) mass is 158 g/mol. The molecule has 0 N–H and O–H groups in total. The molecule has 1 heterocycles. The van der Waals surface area contributed by atoms with E-state index in [2.05, 4.69) is 4.74 Å². The van der Waals surface area contributed by atoms with Crippen molar-refractivity contribution in [1.29, 1.82) is 0 Å². The van der Waals surface area contributed by atoms with Crippen LogP contribution in [0.5, 0.6) is 0 Å². The highest BCUT2D eigenvalue weighted by Crippen LogP contribution is 2.11. The minimum atomic E-state index is -3.67. The number of hydrogen-bond acceptors (Lipinski definition) is 1. The van der Waals surface area contributed by atoms with Crippen molar-refractivity contribution in [3.8, 4) is 0 Å². The van der Waals surface area contributed by atoms with Gasteiger partial charge in [0.2, 0.25) is 0 Å². The van der Waals surface area contributed by atoms with Crippen LogP contribution in [-0.4, -0.2) is 20.5 Å². The molecule has 6 heteroatoms. The summed E-state index contributed by atoms with van der Waals surface area (Å²) in [6.45, 7) is 0.612. The third-order valence-corrected chi connectivity index (χ3v) is 0.874. The molecule has 0 aromatic heterocycles. The molecule has 1 aliphatic rings. The summed E-state index contributed by atoms with van der Waals surface area (Å²) in [5, 5.41) is 0. The third kappa shape index (κ3) is 7.74. The van der Waals surface area contributed by atoms with Crippen molar-refractivity contribution >= 4 is 7.54 Å². The van der Waals surface area contributed by atoms with Gasteiger partial charge in [-0.1, -0.05) is 0 Å². The molecule has 0 aromatic rings. The summed E-state index contributed by atoms with van der Waals surface area (Å²) in [5.41, 5.74) is 0. The first kappa shape index (κ1) is 9.74. The average molecular weight is 158 g/mol. The average Bonchev–Trinajstić information content (AvgIpc) is 2.15. The zero-order valence-corrected chi connectivity index (χ0v) is 5.20. The molecular weight excluding hydrogens is 151 g/mol. The van der Waals surface area contributed by atoms with Crippen LogP contribution in [0.2, 0.25) is 0 Å². The highest BCUT2D eigenvalue weighted by Gasteiger charge is 2.11. The van der Waals surface area contributed by atoms with Gasteiger partial charge in [-0.2, -0.15) is 0 Å². The van der Waals surface area contributed by atoms with Gasteiger partial charge >= 0.3 is 7.54 Å². The molecule has 0 aliphatic carbocycles. The number of hydrogen-bond donors (Lipinski definition) is 0. The molecule has 1 atom stereocenters. The predicted octanol–water partition coefficient (Wildman–Crippen LogP) is 1.97. The SMILES string of the molecule is FB(F)F.FC1CCCO1. The molecule has 1 nitrogen and oxygen atoms in total. The summed E-state index contributed by atoms with van der Waals surface area (Å²) >= 11 is 0. The lowest BCUT2D eigenvalue weighted by Crippen LogP contribution is -1.91. The molecule has 1 unspecified atom stereocenters. The number of ether oxygens (including phenoxy) is 1. The summed E-state index contributed by atoms with van der Waals surface area (Å²) in [4.78, 5) is 0. The van der Waals surface area contributed by atoms with Gasteiger partial charge in [0, 0.05) is 6.42 Å². The van der Waals surface area contributed by atoms with Crippen LogP contribution in [-0.2, 0) is 4.74 Å². The molecule has 0 aromatic carbocycles. The van der Waals surface area contributed by atoms with E-state index in [4.69, 9.17) is 0 Å². The van der Waals surface area contributed by atoms with Crippen molar-refractivity contribution in [2.45, 2.75) is 19.2 Å². The second-order valence-electron chi connectivity index (χ2n) is 1.67. The lowest BCUT2D eigenvalue weighted by molar-refractivity contribution is 0.00946. The zero-order valence-electron chi connectivity index (χ0n) is 5.20. The number of alkyl halides is 1. The van der Waals surface area contributed by atoms with Crippen LogP contribution in [0, 0.1) is 0 Å². The summed E-state index contributed by atoms with van der Waals surface area (Å²) in [7, 11) is -3.67. The summed E-state index contributed by atoms with van der Waals surface area (Å²) in [6, 6.07) is 0. The van der Waals surface area contributed by atoms with Crippen LogP contribution in [0.4, 0.5) is 17.3 Å². The second-order valence-corrected chi connectivity index (χ2v) is 1.67. The maximum absolute atomic E-state index is 11.7. The Balaban J connectivity index is 0.000000180. The van der Waals surface area contributed by atoms with Crippen LogP contribution in [0.15, 0.2) is 0 Å². The van der Waals surface area contributed by atoms with Crippen molar-refractivity contribution in [2.24, 2.45) is 0 Å². The Morgan fingerprint density at radius 1 is 1.30 bits per heavy atom. The van der Waals surface area contributed by atoms with Crippen molar-refractivity contribution in [1.82, 2.24) is 0 Å². The molecule has 1 rings (SSSR count). The van der Waals surface area contributed by atoms with Crippen molar-refractivity contribution < 1.29 is 22.1 Å². The van der Waals surface area contributed by atoms with E-state index in [0.29, 0.717) is 13.0 Å². The van der Waals surface area contributed by atoms with E-state index in [0.717, 1.165) is 6.42 Å². The molecule has 10 heavy (non-hydrogen) atoms. The van der Waals surface area contributed by atoms with E-state index < -0.39 is 13.9 Å². The first-order valence-electron chi connectivity index (χ1n) is 2.81. The van der Waals surface area contributed by atoms with Crippen LogP contribution in [0.1, 0.15) is 12.8 Å². The van der Waals surface area contributed by atoms with Gasteiger partial charge in [0.15, 0.2) is 6.36 Å². The minimum absolute atomic E-state index is 0.597. The molecule has 1 fully saturated rings. The van der Waals surface area contributed by atoms with E-state index in [1.54, 1.807) is 0 Å². The van der Waals surface area contributed by atoms with Crippen LogP contribution >= 0.6 is 0 Å². The van der Waals surface area contributed by atoms with E-state index >= 15 is 0 Å². The first-order valence-corrected chi connectivity index (χ1v) is 2.81. The van der Waals surface area contributed by atoms with Gasteiger partial charge in [0.05, 0.1) is 6.61 Å². The zero-order chi connectivity index (χ0) is 7.98. The molecule has 0 radical (unpaired) electrons. The molecular formula is C4H7BF4O. The molecule has 60 valence electrons. The Hall–Kier alpha value is -0.255. The highest BCUT2D eigenvalue weighted by atomic mass is 19.4. The van der Waals surface area contributed by atoms with Crippen LogP contribution < -0.4 is 0 Å². The van der Waals surface area contributed by atoms with Crippen LogP contribution in [0.25, 0.3) is 0 Å². The van der Waals surface area contributed by atoms with Crippen molar-refractivity contribution in [2.75, 3.05) is 6.61 Å². The Bertz CT molecular complexity index is 72.9. The third-order valence-electron chi connectivity index (χ3n) is 0.874. The van der Waals surface area contributed by atoms with Crippen molar-refractivity contribution in [3.05, 3.63) is 0 Å². The van der Waals surface area contributed by atoms with Gasteiger partial charge < -0.3 is 4.74 Å². The van der Waals surface area contributed by atoms with Gasteiger partial charge in [0.25, 0.3) is 0 Å². The highest BCUT2D eigenvalue weighted by molar-refractivity contribution is 6.33. The largest absolute Gasteiger partial charge is 0.762 e. The summed E-state index contributed by atoms with van der Waals surface area (Å²) < 4.78 is 45.2. The topological polar surface area (TPSA) is 9.23 Å². The number of rotatable bonds is 0. The predicted molar refractivity (Wildman–Crippen MR) is 29.2 cm³/mol. The van der Waals surface area contributed by atoms with Gasteiger partial charge in [-0.25, -0.2) is 4.39 Å². The Morgan fingerprint density at radius 2 is 1.80 bits per heavy atom. The molecule has 1 aliphatic heterocycles. The van der Waals surface area contributed by atoms with Gasteiger partial charge in [0.1, 0.15) is 0 Å². The van der Waals surface area contributed by atoms with E-state index in [1.807, 2.05) is 0 Å². The fraction of sp³-hybridized carbons (Fsp3) is 1.00. The molecule has 0 bridgehead atoms. The Morgan fingerprint density at radius 3 is 1.90 bits per heavy atom. The molecule has 0 spiro atoms. The molecule has 1 saturated heterocycles. The smallest absolute Gasteiger partial charge is 0.348 e. The summed E-state index contributed by atoms with van der Waals surface area (Å²) in [5.74, 6) is 0. The van der Waals surface area contributed by atoms with Crippen molar-refractivity contribution in [3.63, 3.8) is 0 Å². The van der Waals surface area contributed by atoms with Gasteiger partial charge in [-0.15, -0.1) is 0 Å². The van der Waals surface area contributed by atoms with E-state index in [-0.39, 0.29) is 0 Å². The maximum Gasteiger partial charge on any atom is 0.762 e. The Labute approximate surface area is 56.6 Å². The minimum Gasteiger partial charge on any atom is -0.348 e. The quantitative estimate of drug-likeness (QED) is 0.386. The van der Waals surface area contributed by atoms with E-state index in [9.17, 15) is 17.3 Å². The first-order chi connectivity index (χ1) is 4.63. The fourth-order valence-electron chi connectivity index (χ4n) is 0.538. The lowest BCUT2D eigenvalue weighted by atomic mass is 10.4. The number of halogens is 4. The lowest BCUT2D eigenvalue weighted by Gasteiger charge is -1.89. The van der Waals surface area contributed by atoms with Gasteiger partial charge in [-0.3, -0.25) is 12.9 Å². The second kappa shape index (κ2) is 5.52. The van der Waals surface area contributed by atoms with E-state index in [1.165, 1.54) is 0 Å². The molecule has 0 amide bonds. The van der Waals surface area contributed by atoms with Crippen LogP contribution in [0.3, 0.4) is 0 Å². The summed E-state index contributed by atoms with van der Waals surface area (Å²) in [6.07, 6.45) is 0.534.